The molecule has 0 aliphatic rings. The van der Waals surface area contributed by atoms with E-state index in [-0.39, 0.29) is 0 Å². The van der Waals surface area contributed by atoms with Crippen LogP contribution in [-0.4, -0.2) is 0 Å². The van der Waals surface area contributed by atoms with Crippen molar-refractivity contribution in [3.05, 3.63) is 146 Å². The van der Waals surface area contributed by atoms with E-state index >= 15 is 0 Å². The Morgan fingerprint density at radius 1 is 0.302 bits per heavy atom. The first-order valence-corrected chi connectivity index (χ1v) is 14.9. The lowest BCUT2D eigenvalue weighted by Gasteiger charge is -2.14. The quantitative estimate of drug-likeness (QED) is 0.197. The molecule has 43 heavy (non-hydrogen) atoms. The fourth-order valence-electron chi connectivity index (χ4n) is 7.53. The van der Waals surface area contributed by atoms with Crippen molar-refractivity contribution in [1.29, 1.82) is 0 Å². The minimum atomic E-state index is 0.913. The monoisotopic (exact) mass is 544 g/mol. The van der Waals surface area contributed by atoms with Gasteiger partial charge in [0.1, 0.15) is 11.2 Å². The Labute approximate surface area is 247 Å². The third kappa shape index (κ3) is 3.11. The maximum Gasteiger partial charge on any atom is 0.143 e. The molecule has 0 bridgehead atoms. The predicted octanol–water partition coefficient (Wildman–Crippen LogP) is 12.1. The zero-order chi connectivity index (χ0) is 28.1. The summed E-state index contributed by atoms with van der Waals surface area (Å²) in [5, 5.41) is 15.1. The van der Waals surface area contributed by atoms with Gasteiger partial charge in [0.25, 0.3) is 0 Å². The molecular weight excluding hydrogens is 520 g/mol. The molecular formula is C42H24O. The standard InChI is InChI=1S/C42H24O/c1-2-11-29-28(8-1)24-37(31-13-4-3-12-30(29)31)35-15-6-16-36-41-33(14-7-17-38(41)43-42(35)36)32-22-20-27-19-18-25-9-5-10-26-21-23-34(32)40(27)39(25)26/h1-24H. The van der Waals surface area contributed by atoms with Crippen LogP contribution >= 0.6 is 0 Å². The Balaban J connectivity index is 1.29. The van der Waals surface area contributed by atoms with E-state index in [1.807, 2.05) is 0 Å². The molecule has 9 aromatic carbocycles. The zero-order valence-electron chi connectivity index (χ0n) is 23.3. The van der Waals surface area contributed by atoms with Gasteiger partial charge in [-0.15, -0.1) is 0 Å². The van der Waals surface area contributed by atoms with Crippen molar-refractivity contribution in [2.75, 3.05) is 0 Å². The van der Waals surface area contributed by atoms with E-state index in [0.29, 0.717) is 0 Å². The molecule has 1 aromatic heterocycles. The van der Waals surface area contributed by atoms with E-state index in [0.717, 1.165) is 22.1 Å². The molecule has 0 unspecified atom stereocenters. The van der Waals surface area contributed by atoms with E-state index in [4.69, 9.17) is 4.42 Å². The second-order valence-corrected chi connectivity index (χ2v) is 11.6. The minimum absolute atomic E-state index is 0.913. The van der Waals surface area contributed by atoms with Crippen molar-refractivity contribution < 1.29 is 4.42 Å². The van der Waals surface area contributed by atoms with Gasteiger partial charge in [-0.05, 0) is 82.7 Å². The lowest BCUT2D eigenvalue weighted by molar-refractivity contribution is 0.670. The van der Waals surface area contributed by atoms with E-state index in [1.165, 1.54) is 75.9 Å². The van der Waals surface area contributed by atoms with Crippen LogP contribution in [0.1, 0.15) is 0 Å². The van der Waals surface area contributed by atoms with Crippen molar-refractivity contribution in [3.8, 4) is 22.3 Å². The topological polar surface area (TPSA) is 13.1 Å². The van der Waals surface area contributed by atoms with Crippen molar-refractivity contribution in [3.63, 3.8) is 0 Å². The van der Waals surface area contributed by atoms with Crippen LogP contribution < -0.4 is 0 Å². The van der Waals surface area contributed by atoms with Gasteiger partial charge in [0.05, 0.1) is 0 Å². The Morgan fingerprint density at radius 3 is 1.81 bits per heavy atom. The lowest BCUT2D eigenvalue weighted by Crippen LogP contribution is -1.88. The molecule has 1 nitrogen and oxygen atoms in total. The smallest absolute Gasteiger partial charge is 0.143 e. The van der Waals surface area contributed by atoms with Gasteiger partial charge in [-0.1, -0.05) is 133 Å². The summed E-state index contributed by atoms with van der Waals surface area (Å²) in [5.74, 6) is 0. The van der Waals surface area contributed by atoms with Gasteiger partial charge in [0.15, 0.2) is 0 Å². The molecule has 10 rings (SSSR count). The summed E-state index contributed by atoms with van der Waals surface area (Å²) < 4.78 is 6.79. The average Bonchev–Trinajstić information content (AvgIpc) is 3.46. The molecule has 0 atom stereocenters. The number of fused-ring (bicyclic) bond motifs is 6. The van der Waals surface area contributed by atoms with E-state index in [2.05, 4.69) is 146 Å². The molecule has 1 heteroatoms. The summed E-state index contributed by atoms with van der Waals surface area (Å²) >= 11 is 0. The molecule has 0 spiro atoms. The first-order chi connectivity index (χ1) is 21.3. The number of hydrogen-bond donors (Lipinski definition) is 0. The normalized spacial score (nSPS) is 12.2. The van der Waals surface area contributed by atoms with E-state index < -0.39 is 0 Å². The van der Waals surface area contributed by atoms with Gasteiger partial charge < -0.3 is 4.42 Å². The number of furan rings is 1. The first kappa shape index (κ1) is 23.0. The molecule has 198 valence electrons. The molecule has 0 fully saturated rings. The number of hydrogen-bond acceptors (Lipinski definition) is 1. The fraction of sp³-hybridized carbons (Fsp3) is 0. The third-order valence-electron chi connectivity index (χ3n) is 9.40. The van der Waals surface area contributed by atoms with E-state index in [9.17, 15) is 0 Å². The van der Waals surface area contributed by atoms with Gasteiger partial charge in [-0.25, -0.2) is 0 Å². The van der Waals surface area contributed by atoms with Crippen LogP contribution in [0.5, 0.6) is 0 Å². The number of benzene rings is 9. The van der Waals surface area contributed by atoms with Gasteiger partial charge in [-0.3, -0.25) is 0 Å². The highest BCUT2D eigenvalue weighted by Gasteiger charge is 2.19. The summed E-state index contributed by atoms with van der Waals surface area (Å²) in [7, 11) is 0. The molecule has 10 aromatic rings. The van der Waals surface area contributed by atoms with Crippen molar-refractivity contribution in [1.82, 2.24) is 0 Å². The van der Waals surface area contributed by atoms with E-state index in [1.54, 1.807) is 0 Å². The summed E-state index contributed by atoms with van der Waals surface area (Å²) in [5.41, 5.74) is 6.61. The van der Waals surface area contributed by atoms with Crippen LogP contribution in [0.2, 0.25) is 0 Å². The average molecular weight is 545 g/mol. The second kappa shape index (κ2) is 8.44. The SMILES string of the molecule is c1ccc2c(c1)cc(-c1cccc3c1oc1cccc(-c4ccc5ccc6cccc7ccc4c5c67)c13)c1ccccc12. The van der Waals surface area contributed by atoms with Crippen LogP contribution in [-0.2, 0) is 0 Å². The molecule has 1 heterocycles. The number of rotatable bonds is 2. The molecule has 0 N–H and O–H groups in total. The lowest BCUT2D eigenvalue weighted by atomic mass is 9.88. The fourth-order valence-corrected chi connectivity index (χ4v) is 7.53. The van der Waals surface area contributed by atoms with Crippen LogP contribution in [0, 0.1) is 0 Å². The van der Waals surface area contributed by atoms with Gasteiger partial charge in [-0.2, -0.15) is 0 Å². The second-order valence-electron chi connectivity index (χ2n) is 11.6. The molecule has 0 saturated heterocycles. The van der Waals surface area contributed by atoms with Crippen molar-refractivity contribution >= 4 is 75.8 Å². The Morgan fingerprint density at radius 2 is 0.930 bits per heavy atom. The molecule has 0 aliphatic heterocycles. The van der Waals surface area contributed by atoms with Crippen LogP contribution in [0.4, 0.5) is 0 Å². The molecule has 0 aliphatic carbocycles. The van der Waals surface area contributed by atoms with Crippen LogP contribution in [0.25, 0.3) is 98.1 Å². The van der Waals surface area contributed by atoms with Gasteiger partial charge in [0.2, 0.25) is 0 Å². The summed E-state index contributed by atoms with van der Waals surface area (Å²) in [6.07, 6.45) is 0. The predicted molar refractivity (Wildman–Crippen MR) is 183 cm³/mol. The zero-order valence-corrected chi connectivity index (χ0v) is 23.3. The minimum Gasteiger partial charge on any atom is -0.455 e. The van der Waals surface area contributed by atoms with Crippen molar-refractivity contribution in [2.45, 2.75) is 0 Å². The third-order valence-corrected chi connectivity index (χ3v) is 9.40. The largest absolute Gasteiger partial charge is 0.455 e. The first-order valence-electron chi connectivity index (χ1n) is 14.9. The Bertz CT molecular complexity index is 2710. The maximum atomic E-state index is 6.79. The Kier molecular flexibility index (Phi) is 4.51. The van der Waals surface area contributed by atoms with Crippen LogP contribution in [0.3, 0.4) is 0 Å². The highest BCUT2D eigenvalue weighted by atomic mass is 16.3. The van der Waals surface area contributed by atoms with Gasteiger partial charge in [0, 0.05) is 16.3 Å². The molecule has 0 amide bonds. The summed E-state index contributed by atoms with van der Waals surface area (Å²) in [6, 6.07) is 53.0. The maximum absolute atomic E-state index is 6.79. The highest BCUT2D eigenvalue weighted by molar-refractivity contribution is 6.27. The molecule has 0 radical (unpaired) electrons. The highest BCUT2D eigenvalue weighted by Crippen LogP contribution is 2.45. The number of para-hydroxylation sites is 1. The summed E-state index contributed by atoms with van der Waals surface area (Å²) in [4.78, 5) is 0. The van der Waals surface area contributed by atoms with Crippen molar-refractivity contribution in [2.24, 2.45) is 0 Å². The molecule has 0 saturated carbocycles. The Hall–Kier alpha value is -5.66. The van der Waals surface area contributed by atoms with Crippen LogP contribution in [0.15, 0.2) is 150 Å². The van der Waals surface area contributed by atoms with Gasteiger partial charge >= 0.3 is 0 Å². The summed E-state index contributed by atoms with van der Waals surface area (Å²) in [6.45, 7) is 0.